The Balaban J connectivity index is 2.47. The summed E-state index contributed by atoms with van der Waals surface area (Å²) in [6, 6.07) is 7.86. The van der Waals surface area contributed by atoms with Crippen molar-refractivity contribution in [1.82, 2.24) is 10.3 Å². The first kappa shape index (κ1) is 26.9. The quantitative estimate of drug-likeness (QED) is 0.259. The average molecular weight is 475 g/mol. The molecule has 1 amide bonds. The summed E-state index contributed by atoms with van der Waals surface area (Å²) >= 11 is 0. The van der Waals surface area contributed by atoms with Crippen LogP contribution in [0.25, 0.3) is 10.9 Å². The minimum atomic E-state index is -2.08. The molecule has 0 spiro atoms. The van der Waals surface area contributed by atoms with Crippen molar-refractivity contribution in [2.24, 2.45) is 5.41 Å². The number of fused-ring (bicyclic) bond motifs is 1. The van der Waals surface area contributed by atoms with Crippen LogP contribution in [0.1, 0.15) is 54.4 Å². The SMILES string of the molecule is CC(C)(C)C(O[Si](C)(C)C(C)(C)C)[C@H](CCCNC(=O)O)Nc1c(N)cnc2ccccc12. The predicted molar refractivity (Wildman–Crippen MR) is 140 cm³/mol. The number of para-hydroxylation sites is 1. The molecule has 1 heterocycles. The second kappa shape index (κ2) is 10.3. The van der Waals surface area contributed by atoms with Crippen LogP contribution >= 0.6 is 0 Å². The predicted octanol–water partition coefficient (Wildman–Crippen LogP) is 6.08. The monoisotopic (exact) mass is 474 g/mol. The van der Waals surface area contributed by atoms with Gasteiger partial charge in [0.1, 0.15) is 0 Å². The maximum atomic E-state index is 10.9. The smallest absolute Gasteiger partial charge is 0.404 e. The fourth-order valence-corrected chi connectivity index (χ4v) is 5.18. The molecule has 2 atom stereocenters. The molecule has 1 unspecified atom stereocenters. The number of carbonyl (C=O) groups is 1. The zero-order chi connectivity index (χ0) is 25.0. The van der Waals surface area contributed by atoms with Crippen LogP contribution in [0, 0.1) is 5.41 Å². The maximum Gasteiger partial charge on any atom is 0.404 e. The Morgan fingerprint density at radius 1 is 1.18 bits per heavy atom. The van der Waals surface area contributed by atoms with Crippen LogP contribution in [-0.4, -0.2) is 43.2 Å². The van der Waals surface area contributed by atoms with E-state index in [1.165, 1.54) is 0 Å². The number of amides is 1. The number of hydrogen-bond acceptors (Lipinski definition) is 5. The van der Waals surface area contributed by atoms with Gasteiger partial charge in [-0.25, -0.2) is 4.79 Å². The highest BCUT2D eigenvalue weighted by atomic mass is 28.4. The minimum Gasteiger partial charge on any atom is -0.465 e. The number of nitrogen functional groups attached to an aromatic ring is 1. The highest BCUT2D eigenvalue weighted by molar-refractivity contribution is 6.74. The third-order valence-electron chi connectivity index (χ3n) is 6.55. The third kappa shape index (κ3) is 7.08. The minimum absolute atomic E-state index is 0.0638. The van der Waals surface area contributed by atoms with E-state index in [1.807, 2.05) is 24.3 Å². The van der Waals surface area contributed by atoms with Gasteiger partial charge in [-0.2, -0.15) is 0 Å². The first-order chi connectivity index (χ1) is 15.1. The van der Waals surface area contributed by atoms with Gasteiger partial charge in [0.25, 0.3) is 0 Å². The Bertz CT molecular complexity index is 951. The van der Waals surface area contributed by atoms with E-state index in [0.717, 1.165) is 23.0 Å². The lowest BCUT2D eigenvalue weighted by atomic mass is 9.83. The van der Waals surface area contributed by atoms with Gasteiger partial charge in [0.15, 0.2) is 8.32 Å². The van der Waals surface area contributed by atoms with Crippen molar-refractivity contribution < 1.29 is 14.3 Å². The summed E-state index contributed by atoms with van der Waals surface area (Å²) in [4.78, 5) is 15.4. The van der Waals surface area contributed by atoms with Crippen LogP contribution in [0.3, 0.4) is 0 Å². The summed E-state index contributed by atoms with van der Waals surface area (Å²) < 4.78 is 7.01. The lowest BCUT2D eigenvalue weighted by Crippen LogP contribution is -2.53. The van der Waals surface area contributed by atoms with E-state index >= 15 is 0 Å². The molecule has 0 saturated carbocycles. The standard InChI is InChI=1S/C25H42N4O3Si/c1-24(2,3)22(32-33(7,8)25(4,5)6)20(14-11-15-27-23(30)31)29-21-17-12-9-10-13-19(17)28-16-18(21)26/h9-10,12-13,16,20,22,27H,11,14-15,26H2,1-8H3,(H,28,29)(H,30,31)/t20-,22?/m0/s1. The van der Waals surface area contributed by atoms with Crippen LogP contribution in [0.15, 0.2) is 30.5 Å². The lowest BCUT2D eigenvalue weighted by Gasteiger charge is -2.46. The van der Waals surface area contributed by atoms with Gasteiger partial charge in [-0.15, -0.1) is 0 Å². The molecular formula is C25H42N4O3Si. The number of aromatic nitrogens is 1. The van der Waals surface area contributed by atoms with Crippen LogP contribution in [0.4, 0.5) is 16.2 Å². The van der Waals surface area contributed by atoms with Crippen molar-refractivity contribution in [3.8, 4) is 0 Å². The van der Waals surface area contributed by atoms with Crippen molar-refractivity contribution in [2.45, 2.75) is 84.7 Å². The molecule has 0 radical (unpaired) electrons. The van der Waals surface area contributed by atoms with Gasteiger partial charge < -0.3 is 25.9 Å². The Labute approximate surface area is 199 Å². The number of nitrogens with one attached hydrogen (secondary N) is 2. The van der Waals surface area contributed by atoms with E-state index in [2.05, 4.69) is 70.3 Å². The number of nitrogens with two attached hydrogens (primary N) is 1. The molecule has 1 aromatic heterocycles. The largest absolute Gasteiger partial charge is 0.465 e. The van der Waals surface area contributed by atoms with E-state index in [-0.39, 0.29) is 22.6 Å². The highest BCUT2D eigenvalue weighted by Gasteiger charge is 2.44. The van der Waals surface area contributed by atoms with Crippen LogP contribution in [-0.2, 0) is 4.43 Å². The van der Waals surface area contributed by atoms with E-state index in [9.17, 15) is 4.79 Å². The third-order valence-corrected chi connectivity index (χ3v) is 11.0. The van der Waals surface area contributed by atoms with E-state index in [0.29, 0.717) is 18.7 Å². The van der Waals surface area contributed by atoms with Crippen molar-refractivity contribution in [3.63, 3.8) is 0 Å². The molecule has 1 aromatic carbocycles. The fraction of sp³-hybridized carbons (Fsp3) is 0.600. The van der Waals surface area contributed by atoms with Gasteiger partial charge in [0, 0.05) is 11.9 Å². The van der Waals surface area contributed by atoms with Gasteiger partial charge in [-0.1, -0.05) is 59.7 Å². The van der Waals surface area contributed by atoms with Crippen molar-refractivity contribution >= 4 is 36.7 Å². The molecule has 7 nitrogen and oxygen atoms in total. The second-order valence-corrected chi connectivity index (χ2v) is 16.2. The zero-order valence-corrected chi connectivity index (χ0v) is 22.5. The topological polar surface area (TPSA) is 110 Å². The highest BCUT2D eigenvalue weighted by Crippen LogP contribution is 2.41. The molecule has 8 heteroatoms. The van der Waals surface area contributed by atoms with Crippen molar-refractivity contribution in [1.29, 1.82) is 0 Å². The van der Waals surface area contributed by atoms with Gasteiger partial charge >= 0.3 is 6.09 Å². The second-order valence-electron chi connectivity index (χ2n) is 11.4. The summed E-state index contributed by atoms with van der Waals surface area (Å²) in [6.07, 6.45) is 1.99. The maximum absolute atomic E-state index is 10.9. The Morgan fingerprint density at radius 3 is 2.39 bits per heavy atom. The first-order valence-electron chi connectivity index (χ1n) is 11.7. The molecule has 33 heavy (non-hydrogen) atoms. The van der Waals surface area contributed by atoms with E-state index < -0.39 is 14.4 Å². The number of anilines is 2. The molecule has 5 N–H and O–H groups in total. The molecule has 2 rings (SSSR count). The molecule has 0 fully saturated rings. The van der Waals surface area contributed by atoms with Crippen molar-refractivity contribution in [2.75, 3.05) is 17.6 Å². The lowest BCUT2D eigenvalue weighted by molar-refractivity contribution is 0.0535. The summed E-state index contributed by atoms with van der Waals surface area (Å²) in [7, 11) is -2.08. The Morgan fingerprint density at radius 2 is 1.82 bits per heavy atom. The molecule has 2 aromatic rings. The fourth-order valence-electron chi connectivity index (χ4n) is 3.68. The number of rotatable bonds is 9. The normalized spacial score (nSPS) is 14.7. The number of pyridine rings is 1. The van der Waals surface area contributed by atoms with Gasteiger partial charge in [-0.05, 0) is 42.5 Å². The molecular weight excluding hydrogens is 432 g/mol. The Kier molecular flexibility index (Phi) is 8.40. The number of carboxylic acid groups (broad SMARTS) is 1. The Hall–Kier alpha value is -2.32. The van der Waals surface area contributed by atoms with Gasteiger partial charge in [0.2, 0.25) is 0 Å². The molecule has 0 aliphatic heterocycles. The zero-order valence-electron chi connectivity index (χ0n) is 21.5. The molecule has 0 saturated heterocycles. The van der Waals surface area contributed by atoms with E-state index in [1.54, 1.807) is 6.20 Å². The molecule has 0 aliphatic carbocycles. The van der Waals surface area contributed by atoms with Gasteiger partial charge in [-0.3, -0.25) is 4.98 Å². The van der Waals surface area contributed by atoms with Crippen LogP contribution < -0.4 is 16.4 Å². The number of nitrogens with zero attached hydrogens (tertiary/aromatic N) is 1. The van der Waals surface area contributed by atoms with Crippen LogP contribution in [0.5, 0.6) is 0 Å². The molecule has 184 valence electrons. The number of benzene rings is 1. The summed E-state index contributed by atoms with van der Waals surface area (Å²) in [5.74, 6) is 0. The van der Waals surface area contributed by atoms with Crippen molar-refractivity contribution in [3.05, 3.63) is 30.5 Å². The summed E-state index contributed by atoms with van der Waals surface area (Å²) in [5, 5.41) is 16.2. The van der Waals surface area contributed by atoms with Gasteiger partial charge in [0.05, 0.1) is 35.2 Å². The van der Waals surface area contributed by atoms with E-state index in [4.69, 9.17) is 15.3 Å². The molecule has 0 aliphatic rings. The molecule has 0 bridgehead atoms. The first-order valence-corrected chi connectivity index (χ1v) is 14.6. The van der Waals surface area contributed by atoms with Crippen LogP contribution in [0.2, 0.25) is 18.1 Å². The summed E-state index contributed by atoms with van der Waals surface area (Å²) in [6.45, 7) is 18.2. The number of hydrogen-bond donors (Lipinski definition) is 4. The average Bonchev–Trinajstić information content (AvgIpc) is 2.68. The summed E-state index contributed by atoms with van der Waals surface area (Å²) in [5.41, 5.74) is 8.55.